The molecule has 5 rings (SSSR count). The zero-order chi connectivity index (χ0) is 20.5. The van der Waals surface area contributed by atoms with Gasteiger partial charge in [-0.15, -0.1) is 5.10 Å². The third kappa shape index (κ3) is 3.20. The van der Waals surface area contributed by atoms with Crippen LogP contribution in [0.4, 0.5) is 5.95 Å². The Balaban J connectivity index is 1.64. The second-order valence-corrected chi connectivity index (χ2v) is 7.30. The van der Waals surface area contributed by atoms with Gasteiger partial charge in [0.15, 0.2) is 11.5 Å². The van der Waals surface area contributed by atoms with Gasteiger partial charge in [-0.2, -0.15) is 9.78 Å². The van der Waals surface area contributed by atoms with Crippen LogP contribution in [-0.4, -0.2) is 38.1 Å². The van der Waals surface area contributed by atoms with Gasteiger partial charge in [0.1, 0.15) is 6.04 Å². The lowest BCUT2D eigenvalue weighted by molar-refractivity contribution is -0.121. The van der Waals surface area contributed by atoms with E-state index in [0.29, 0.717) is 29.5 Å². The van der Waals surface area contributed by atoms with Crippen molar-refractivity contribution >= 4 is 28.4 Å². The molecule has 0 bridgehead atoms. The Morgan fingerprint density at radius 1 is 1.10 bits per heavy atom. The molecule has 2 aromatic carbocycles. The Kier molecular flexibility index (Phi) is 4.48. The normalized spacial score (nSPS) is 16.8. The summed E-state index contributed by atoms with van der Waals surface area (Å²) in [6.45, 7) is 0.698. The molecule has 4 aromatic rings. The smallest absolute Gasteiger partial charge is 0.242 e. The van der Waals surface area contributed by atoms with Crippen LogP contribution < -0.4 is 10.6 Å². The summed E-state index contributed by atoms with van der Waals surface area (Å²) in [7, 11) is 0. The quantitative estimate of drug-likeness (QED) is 0.550. The number of amides is 1. The second kappa shape index (κ2) is 7.44. The van der Waals surface area contributed by atoms with E-state index >= 15 is 0 Å². The minimum absolute atomic E-state index is 0.0250. The first kappa shape index (κ1) is 18.1. The number of carbonyl (C=O) groups is 1. The molecule has 1 aliphatic rings. The number of nitrogens with one attached hydrogen (secondary N) is 2. The Labute approximate surface area is 172 Å². The van der Waals surface area contributed by atoms with Gasteiger partial charge in [0, 0.05) is 17.5 Å². The molecule has 1 fully saturated rings. The van der Waals surface area contributed by atoms with Gasteiger partial charge in [0.05, 0.1) is 17.1 Å². The van der Waals surface area contributed by atoms with Crippen LogP contribution in [0.15, 0.2) is 48.5 Å². The molecule has 3 heterocycles. The van der Waals surface area contributed by atoms with Crippen molar-refractivity contribution in [3.05, 3.63) is 54.1 Å². The summed E-state index contributed by atoms with van der Waals surface area (Å²) in [4.78, 5) is 21.9. The first-order valence-corrected chi connectivity index (χ1v) is 9.93. The van der Waals surface area contributed by atoms with Gasteiger partial charge in [-0.05, 0) is 55.7 Å². The molecular weight excluding hydrogens is 378 g/mol. The molecule has 0 unspecified atom stereocenters. The fourth-order valence-corrected chi connectivity index (χ4v) is 3.70. The maximum absolute atomic E-state index is 12.4. The van der Waals surface area contributed by atoms with Crippen molar-refractivity contribution in [3.63, 3.8) is 0 Å². The molecule has 1 amide bonds. The standard InChI is InChI=1S/C22H19N7O/c23-13-14-8-10-15(11-9-14)19-27-20-16-5-1-2-6-17(16)25-22(29(20)28-19)26-18-7-3-4-12-24-21(18)30/h1-2,5-6,8-11,18H,3-4,7,12H2,(H,24,30)(H,25,26)/t18-/m0/s1. The molecule has 2 N–H and O–H groups in total. The summed E-state index contributed by atoms with van der Waals surface area (Å²) in [5.74, 6) is 0.993. The SMILES string of the molecule is N#Cc1ccc(-c2nc3c4ccccc4nc(N[C@H]4CCCCNC4=O)n3n2)cc1. The number of rotatable bonds is 3. The average molecular weight is 397 g/mol. The number of nitrogens with zero attached hydrogens (tertiary/aromatic N) is 5. The predicted octanol–water partition coefficient (Wildman–Crippen LogP) is 2.90. The van der Waals surface area contributed by atoms with E-state index in [-0.39, 0.29) is 11.9 Å². The topological polar surface area (TPSA) is 108 Å². The van der Waals surface area contributed by atoms with Gasteiger partial charge in [0.2, 0.25) is 11.9 Å². The van der Waals surface area contributed by atoms with Crippen LogP contribution in [0.3, 0.4) is 0 Å². The third-order valence-electron chi connectivity index (χ3n) is 5.29. The molecule has 1 aliphatic heterocycles. The number of nitriles is 1. The minimum Gasteiger partial charge on any atom is -0.354 e. The molecule has 8 heteroatoms. The van der Waals surface area contributed by atoms with Gasteiger partial charge in [-0.3, -0.25) is 4.79 Å². The van der Waals surface area contributed by atoms with E-state index in [1.807, 2.05) is 36.4 Å². The fourth-order valence-electron chi connectivity index (χ4n) is 3.70. The van der Waals surface area contributed by atoms with Crippen molar-refractivity contribution < 1.29 is 4.79 Å². The minimum atomic E-state index is -0.369. The van der Waals surface area contributed by atoms with E-state index in [9.17, 15) is 4.79 Å². The number of fused-ring (bicyclic) bond motifs is 3. The predicted molar refractivity (Wildman–Crippen MR) is 113 cm³/mol. The molecule has 0 saturated carbocycles. The van der Waals surface area contributed by atoms with Crippen LogP contribution in [0.1, 0.15) is 24.8 Å². The van der Waals surface area contributed by atoms with Gasteiger partial charge in [0.25, 0.3) is 0 Å². The molecule has 30 heavy (non-hydrogen) atoms. The number of hydrogen-bond donors (Lipinski definition) is 2. The first-order chi connectivity index (χ1) is 14.7. The van der Waals surface area contributed by atoms with Gasteiger partial charge in [-0.25, -0.2) is 9.97 Å². The molecule has 2 aromatic heterocycles. The van der Waals surface area contributed by atoms with Crippen molar-refractivity contribution in [2.75, 3.05) is 11.9 Å². The zero-order valence-electron chi connectivity index (χ0n) is 16.2. The van der Waals surface area contributed by atoms with Crippen molar-refractivity contribution in [1.82, 2.24) is 24.9 Å². The summed E-state index contributed by atoms with van der Waals surface area (Å²) in [5, 5.41) is 20.8. The van der Waals surface area contributed by atoms with Crippen LogP contribution in [0.2, 0.25) is 0 Å². The number of anilines is 1. The molecule has 1 atom stereocenters. The van der Waals surface area contributed by atoms with Crippen LogP contribution in [-0.2, 0) is 4.79 Å². The Morgan fingerprint density at radius 2 is 1.93 bits per heavy atom. The largest absolute Gasteiger partial charge is 0.354 e. The highest BCUT2D eigenvalue weighted by Gasteiger charge is 2.23. The number of para-hydroxylation sites is 1. The number of hydrogen-bond acceptors (Lipinski definition) is 6. The Morgan fingerprint density at radius 3 is 2.77 bits per heavy atom. The molecular formula is C22H19N7O. The maximum Gasteiger partial charge on any atom is 0.242 e. The molecule has 0 aliphatic carbocycles. The van der Waals surface area contributed by atoms with Gasteiger partial charge >= 0.3 is 0 Å². The summed E-state index contributed by atoms with van der Waals surface area (Å²) < 4.78 is 1.66. The van der Waals surface area contributed by atoms with E-state index in [1.165, 1.54) is 0 Å². The Bertz CT molecular complexity index is 1290. The first-order valence-electron chi connectivity index (χ1n) is 9.93. The van der Waals surface area contributed by atoms with E-state index in [4.69, 9.17) is 15.2 Å². The fraction of sp³-hybridized carbons (Fsp3) is 0.227. The third-order valence-corrected chi connectivity index (χ3v) is 5.29. The Hall–Kier alpha value is -3.99. The lowest BCUT2D eigenvalue weighted by atomic mass is 10.1. The second-order valence-electron chi connectivity index (χ2n) is 7.30. The molecule has 148 valence electrons. The zero-order valence-corrected chi connectivity index (χ0v) is 16.2. The maximum atomic E-state index is 12.4. The molecule has 1 saturated heterocycles. The molecule has 8 nitrogen and oxygen atoms in total. The van der Waals surface area contributed by atoms with Crippen molar-refractivity contribution in [1.29, 1.82) is 5.26 Å². The highest BCUT2D eigenvalue weighted by atomic mass is 16.2. The van der Waals surface area contributed by atoms with E-state index < -0.39 is 0 Å². The lowest BCUT2D eigenvalue weighted by Gasteiger charge is -2.16. The van der Waals surface area contributed by atoms with Crippen LogP contribution >= 0.6 is 0 Å². The van der Waals surface area contributed by atoms with Crippen LogP contribution in [0.5, 0.6) is 0 Å². The summed E-state index contributed by atoms with van der Waals surface area (Å²) in [6.07, 6.45) is 2.66. The van der Waals surface area contributed by atoms with Gasteiger partial charge in [-0.1, -0.05) is 12.1 Å². The van der Waals surface area contributed by atoms with Crippen molar-refractivity contribution in [2.24, 2.45) is 0 Å². The van der Waals surface area contributed by atoms with Gasteiger partial charge < -0.3 is 10.6 Å². The lowest BCUT2D eigenvalue weighted by Crippen LogP contribution is -2.38. The highest BCUT2D eigenvalue weighted by molar-refractivity contribution is 5.93. The monoisotopic (exact) mass is 397 g/mol. The number of aromatic nitrogens is 4. The number of benzene rings is 2. The van der Waals surface area contributed by atoms with Crippen molar-refractivity contribution in [2.45, 2.75) is 25.3 Å². The highest BCUT2D eigenvalue weighted by Crippen LogP contribution is 2.25. The van der Waals surface area contributed by atoms with Crippen molar-refractivity contribution in [3.8, 4) is 17.5 Å². The van der Waals surface area contributed by atoms with E-state index in [1.54, 1.807) is 16.6 Å². The summed E-state index contributed by atoms with van der Waals surface area (Å²) in [5.41, 5.74) is 2.83. The molecule has 0 spiro atoms. The summed E-state index contributed by atoms with van der Waals surface area (Å²) >= 11 is 0. The average Bonchev–Trinajstić information content (AvgIpc) is 3.14. The van der Waals surface area contributed by atoms with E-state index in [2.05, 4.69) is 21.8 Å². The summed E-state index contributed by atoms with van der Waals surface area (Å²) in [6, 6.07) is 16.6. The van der Waals surface area contributed by atoms with Crippen LogP contribution in [0.25, 0.3) is 27.9 Å². The molecule has 0 radical (unpaired) electrons. The van der Waals surface area contributed by atoms with E-state index in [0.717, 1.165) is 35.7 Å². The number of carbonyl (C=O) groups excluding carboxylic acids is 1. The van der Waals surface area contributed by atoms with Crippen LogP contribution in [0, 0.1) is 11.3 Å².